The summed E-state index contributed by atoms with van der Waals surface area (Å²) in [6.45, 7) is 0. The quantitative estimate of drug-likeness (QED) is 0.144. The third-order valence-electron chi connectivity index (χ3n) is 0.401. The van der Waals surface area contributed by atoms with E-state index >= 15 is 0 Å². The van der Waals surface area contributed by atoms with Gasteiger partial charge in [0.15, 0.2) is 7.05 Å². The second-order valence-corrected chi connectivity index (χ2v) is 1.06. The van der Waals surface area contributed by atoms with Gasteiger partial charge in [0, 0.05) is 0 Å². The van der Waals surface area contributed by atoms with Crippen molar-refractivity contribution in [3.63, 3.8) is 0 Å². The monoisotopic (exact) mass is 116 g/mol. The summed E-state index contributed by atoms with van der Waals surface area (Å²) in [6, 6.07) is 0. The SMILES string of the molecule is COC([O-])=N[N+](C)=[N-]. The minimum absolute atomic E-state index is 0.381. The van der Waals surface area contributed by atoms with E-state index in [-0.39, 0.29) is 0 Å². The van der Waals surface area contributed by atoms with Crippen molar-refractivity contribution in [1.82, 2.24) is 0 Å². The Morgan fingerprint density at radius 2 is 2.38 bits per heavy atom. The third kappa shape index (κ3) is 3.08. The molecule has 0 heterocycles. The number of hydrazone groups is 1. The van der Waals surface area contributed by atoms with Crippen molar-refractivity contribution in [3.8, 4) is 0 Å². The van der Waals surface area contributed by atoms with E-state index in [4.69, 9.17) is 5.53 Å². The fourth-order valence-corrected chi connectivity index (χ4v) is 0.159. The van der Waals surface area contributed by atoms with Gasteiger partial charge in [0.05, 0.1) is 6.08 Å². The van der Waals surface area contributed by atoms with Crippen LogP contribution in [0.4, 0.5) is 0 Å². The highest BCUT2D eigenvalue weighted by Crippen LogP contribution is 1.69. The predicted octanol–water partition coefficient (Wildman–Crippen LogP) is -1.07. The Hall–Kier alpha value is -1.13. The van der Waals surface area contributed by atoms with Crippen molar-refractivity contribution in [3.05, 3.63) is 5.53 Å². The van der Waals surface area contributed by atoms with Crippen LogP contribution in [-0.2, 0) is 4.74 Å². The van der Waals surface area contributed by atoms with Gasteiger partial charge >= 0.3 is 0 Å². The number of methoxy groups -OCH3 is 1. The van der Waals surface area contributed by atoms with Crippen molar-refractivity contribution in [2.45, 2.75) is 0 Å². The van der Waals surface area contributed by atoms with Gasteiger partial charge in [-0.3, -0.25) is 0 Å². The smallest absolute Gasteiger partial charge is 0.152 e. The lowest BCUT2D eigenvalue weighted by atomic mass is 11.3. The van der Waals surface area contributed by atoms with Crippen LogP contribution in [0.3, 0.4) is 0 Å². The zero-order valence-corrected chi connectivity index (χ0v) is 4.66. The molecule has 0 aliphatic heterocycles. The standard InChI is InChI=1S/C3H7N3O2/c1-6(4)5-3(7)8-2/h1-2H3,(H,5,7)/p-1. The minimum atomic E-state index is -0.824. The largest absolute Gasteiger partial charge is 0.616 e. The lowest BCUT2D eigenvalue weighted by Crippen LogP contribution is -2.20. The highest BCUT2D eigenvalue weighted by molar-refractivity contribution is 5.60. The number of hydrogen-bond donors (Lipinski definition) is 0. The molecule has 46 valence electrons. The van der Waals surface area contributed by atoms with Gasteiger partial charge in [-0.15, -0.1) is 5.53 Å². The molecule has 0 aliphatic carbocycles. The van der Waals surface area contributed by atoms with Crippen molar-refractivity contribution < 1.29 is 14.6 Å². The van der Waals surface area contributed by atoms with Crippen LogP contribution < -0.4 is 5.11 Å². The fraction of sp³-hybridized carbons (Fsp3) is 0.667. The summed E-state index contributed by atoms with van der Waals surface area (Å²) in [4.78, 5) is 0.381. The van der Waals surface area contributed by atoms with Crippen LogP contribution in [0.25, 0.3) is 5.53 Å². The van der Waals surface area contributed by atoms with Gasteiger partial charge in [0.25, 0.3) is 0 Å². The fourth-order valence-electron chi connectivity index (χ4n) is 0.159. The molecule has 5 nitrogen and oxygen atoms in total. The minimum Gasteiger partial charge on any atom is -0.616 e. The zero-order valence-electron chi connectivity index (χ0n) is 4.66. The molecule has 0 aliphatic rings. The van der Waals surface area contributed by atoms with Crippen LogP contribution in [0.2, 0.25) is 0 Å². The van der Waals surface area contributed by atoms with Crippen molar-refractivity contribution >= 4 is 6.08 Å². The normalized spacial score (nSPS) is 11.0. The molecule has 0 fully saturated rings. The summed E-state index contributed by atoms with van der Waals surface area (Å²) in [5, 5.41) is 13.0. The molecule has 0 N–H and O–H groups in total. The van der Waals surface area contributed by atoms with Crippen LogP contribution in [0, 0.1) is 0 Å². The van der Waals surface area contributed by atoms with Gasteiger partial charge in [0.1, 0.15) is 0 Å². The topological polar surface area (TPSA) is 70.0 Å². The summed E-state index contributed by atoms with van der Waals surface area (Å²) in [7, 11) is 2.38. The maximum absolute atomic E-state index is 10.0. The molecule has 0 aromatic rings. The first kappa shape index (κ1) is 6.87. The van der Waals surface area contributed by atoms with Crippen molar-refractivity contribution in [1.29, 1.82) is 0 Å². The van der Waals surface area contributed by atoms with Gasteiger partial charge < -0.3 is 9.84 Å². The van der Waals surface area contributed by atoms with Crippen LogP contribution in [0.5, 0.6) is 0 Å². The Kier molecular flexibility index (Phi) is 2.53. The molecule has 0 amide bonds. The average molecular weight is 116 g/mol. The highest BCUT2D eigenvalue weighted by atomic mass is 16.6. The van der Waals surface area contributed by atoms with Crippen LogP contribution in [0.1, 0.15) is 0 Å². The zero-order chi connectivity index (χ0) is 6.57. The molecule has 0 spiro atoms. The van der Waals surface area contributed by atoms with Crippen LogP contribution in [-0.4, -0.2) is 25.0 Å². The Bertz CT molecular complexity index is 120. The summed E-state index contributed by atoms with van der Waals surface area (Å²) in [6.07, 6.45) is -0.824. The molecule has 0 saturated carbocycles. The number of nitrogens with zero attached hydrogens (tertiary/aromatic N) is 3. The van der Waals surface area contributed by atoms with Crippen LogP contribution in [0.15, 0.2) is 5.10 Å². The Balaban J connectivity index is 3.75. The van der Waals surface area contributed by atoms with Crippen LogP contribution >= 0.6 is 0 Å². The number of ether oxygens (including phenoxy) is 1. The molecular formula is C3H6N3O2-. The second-order valence-electron chi connectivity index (χ2n) is 1.06. The summed E-state index contributed by atoms with van der Waals surface area (Å²) in [5.74, 6) is 0. The summed E-state index contributed by atoms with van der Waals surface area (Å²) >= 11 is 0. The molecule has 0 aromatic heterocycles. The van der Waals surface area contributed by atoms with Gasteiger partial charge in [-0.1, -0.05) is 0 Å². The molecule has 0 unspecified atom stereocenters. The summed E-state index contributed by atoms with van der Waals surface area (Å²) < 4.78 is 4.05. The maximum atomic E-state index is 10.0. The Morgan fingerprint density at radius 1 is 1.88 bits per heavy atom. The lowest BCUT2D eigenvalue weighted by molar-refractivity contribution is -0.531. The second kappa shape index (κ2) is 2.95. The molecular weight excluding hydrogens is 110 g/mol. The van der Waals surface area contributed by atoms with E-state index in [1.807, 2.05) is 0 Å². The van der Waals surface area contributed by atoms with E-state index in [1.54, 1.807) is 0 Å². The number of hydrogen-bond acceptors (Lipinski definition) is 2. The third-order valence-corrected chi connectivity index (χ3v) is 0.401. The molecule has 0 atom stereocenters. The van der Waals surface area contributed by atoms with E-state index in [2.05, 4.69) is 9.84 Å². The first-order chi connectivity index (χ1) is 3.66. The van der Waals surface area contributed by atoms with Crippen molar-refractivity contribution in [2.75, 3.05) is 14.2 Å². The van der Waals surface area contributed by atoms with E-state index in [0.29, 0.717) is 4.81 Å². The molecule has 0 saturated heterocycles. The van der Waals surface area contributed by atoms with E-state index in [0.717, 1.165) is 0 Å². The lowest BCUT2D eigenvalue weighted by Gasteiger charge is -2.07. The molecule has 0 bridgehead atoms. The molecule has 8 heavy (non-hydrogen) atoms. The van der Waals surface area contributed by atoms with Gasteiger partial charge in [-0.05, 0) is 7.11 Å². The highest BCUT2D eigenvalue weighted by Gasteiger charge is 1.71. The Morgan fingerprint density at radius 3 is 2.50 bits per heavy atom. The number of rotatable bonds is 1. The van der Waals surface area contributed by atoms with Crippen molar-refractivity contribution in [2.24, 2.45) is 5.10 Å². The summed E-state index contributed by atoms with van der Waals surface area (Å²) in [5.41, 5.74) is 8.22. The first-order valence-corrected chi connectivity index (χ1v) is 1.89. The first-order valence-electron chi connectivity index (χ1n) is 1.89. The van der Waals surface area contributed by atoms with E-state index < -0.39 is 6.08 Å². The maximum Gasteiger partial charge on any atom is 0.152 e. The predicted molar refractivity (Wildman–Crippen MR) is 24.0 cm³/mol. The van der Waals surface area contributed by atoms with E-state index in [1.165, 1.54) is 14.2 Å². The molecule has 0 radical (unpaired) electrons. The van der Waals surface area contributed by atoms with Gasteiger partial charge in [0.2, 0.25) is 0 Å². The van der Waals surface area contributed by atoms with Gasteiger partial charge in [-0.25, -0.2) is 0 Å². The molecule has 0 aromatic carbocycles. The average Bonchev–Trinajstić information content (AvgIpc) is 1.65. The molecule has 0 rings (SSSR count). The molecule has 5 heteroatoms. The van der Waals surface area contributed by atoms with Gasteiger partial charge in [-0.2, -0.15) is 9.91 Å². The Labute approximate surface area is 46.7 Å². The van der Waals surface area contributed by atoms with E-state index in [9.17, 15) is 5.11 Å².